The van der Waals surface area contributed by atoms with E-state index < -0.39 is 11.9 Å². The van der Waals surface area contributed by atoms with Crippen LogP contribution in [0.5, 0.6) is 0 Å². The molecule has 2 atom stereocenters. The van der Waals surface area contributed by atoms with Crippen molar-refractivity contribution >= 4 is 40.0 Å². The standard InChI is InChI=1S/C40H43N7O5/c1-24-31(6-4-8-34(24)43-37-36-28(10-13-41-37)16-26(18-42-36)20-46-14-11-29(22-46)40(51)52)32-7-5-9-35(25(32)2)44-38(49)33-17-27(19-45(3)39(33)50)21-47-15-12-30(48)23-47/h4-10,13,16-19,29-30,48H,11-12,14-15,20-23H2,1-3H3,(H,41,43)(H,44,49)(H,51,52)/t29-,30-/m1/s1. The van der Waals surface area contributed by atoms with E-state index in [0.717, 1.165) is 63.1 Å². The van der Waals surface area contributed by atoms with Gasteiger partial charge in [-0.1, -0.05) is 24.3 Å². The highest BCUT2D eigenvalue weighted by atomic mass is 16.4. The van der Waals surface area contributed by atoms with Crippen molar-refractivity contribution < 1.29 is 19.8 Å². The minimum Gasteiger partial charge on any atom is -0.481 e. The normalized spacial score (nSPS) is 17.8. The molecule has 0 bridgehead atoms. The first kappa shape index (κ1) is 35.0. The van der Waals surface area contributed by atoms with Crippen LogP contribution in [0.15, 0.2) is 78.0 Å². The number of aromatic nitrogens is 3. The van der Waals surface area contributed by atoms with E-state index in [-0.39, 0.29) is 23.1 Å². The number of benzene rings is 2. The van der Waals surface area contributed by atoms with Crippen molar-refractivity contribution in [1.29, 1.82) is 0 Å². The zero-order valence-electron chi connectivity index (χ0n) is 29.6. The third-order valence-corrected chi connectivity index (χ3v) is 10.3. The van der Waals surface area contributed by atoms with Gasteiger partial charge in [0.05, 0.1) is 12.0 Å². The number of pyridine rings is 3. The number of β-amino-alcohol motifs (C(OH)–C–C–N with tert-alkyl or cyclic N) is 1. The molecule has 2 aliphatic heterocycles. The van der Waals surface area contributed by atoms with Crippen LogP contribution in [-0.2, 0) is 24.9 Å². The third kappa shape index (κ3) is 7.31. The molecule has 52 heavy (non-hydrogen) atoms. The lowest BCUT2D eigenvalue weighted by molar-refractivity contribution is -0.141. The van der Waals surface area contributed by atoms with Gasteiger partial charge in [-0.2, -0.15) is 0 Å². The van der Waals surface area contributed by atoms with Crippen LogP contribution in [0.4, 0.5) is 17.2 Å². The molecule has 7 rings (SSSR count). The summed E-state index contributed by atoms with van der Waals surface area (Å²) in [5.74, 6) is -0.910. The third-order valence-electron chi connectivity index (χ3n) is 10.3. The van der Waals surface area contributed by atoms with Crippen LogP contribution in [0.2, 0.25) is 0 Å². The number of fused-ring (bicyclic) bond motifs is 1. The van der Waals surface area contributed by atoms with Crippen molar-refractivity contribution in [1.82, 2.24) is 24.3 Å². The number of hydrogen-bond donors (Lipinski definition) is 4. The van der Waals surface area contributed by atoms with Gasteiger partial charge in [0.25, 0.3) is 11.5 Å². The number of rotatable bonds is 10. The van der Waals surface area contributed by atoms with Gasteiger partial charge >= 0.3 is 5.97 Å². The van der Waals surface area contributed by atoms with Crippen LogP contribution >= 0.6 is 0 Å². The Kier molecular flexibility index (Phi) is 9.87. The van der Waals surface area contributed by atoms with Crippen molar-refractivity contribution in [3.63, 3.8) is 0 Å². The number of aliphatic hydroxyl groups excluding tert-OH is 1. The number of likely N-dealkylation sites (tertiary alicyclic amines) is 2. The van der Waals surface area contributed by atoms with Gasteiger partial charge in [0.1, 0.15) is 11.1 Å². The van der Waals surface area contributed by atoms with Gasteiger partial charge in [-0.15, -0.1) is 0 Å². The molecule has 0 aliphatic carbocycles. The molecule has 0 saturated carbocycles. The number of carboxylic acids is 1. The highest BCUT2D eigenvalue weighted by Gasteiger charge is 2.28. The molecule has 3 aromatic heterocycles. The summed E-state index contributed by atoms with van der Waals surface area (Å²) in [5.41, 5.74) is 7.51. The van der Waals surface area contributed by atoms with Gasteiger partial charge in [0.15, 0.2) is 5.82 Å². The molecule has 2 aliphatic rings. The molecule has 268 valence electrons. The van der Waals surface area contributed by atoms with E-state index in [1.54, 1.807) is 25.5 Å². The Morgan fingerprint density at radius 3 is 2.29 bits per heavy atom. The second-order valence-corrected chi connectivity index (χ2v) is 14.0. The minimum absolute atomic E-state index is 0.0677. The van der Waals surface area contributed by atoms with Crippen LogP contribution in [0.25, 0.3) is 22.0 Å². The SMILES string of the molecule is Cc1c(NC(=O)c2cc(CN3CC[C@@H](O)C3)cn(C)c2=O)cccc1-c1cccc(Nc2nccc3cc(CN4CC[C@@H](C(=O)O)C4)cnc23)c1C. The molecule has 5 heterocycles. The first-order chi connectivity index (χ1) is 25.0. The molecule has 1 amide bonds. The quantitative estimate of drug-likeness (QED) is 0.155. The van der Waals surface area contributed by atoms with Crippen molar-refractivity contribution in [2.75, 3.05) is 36.8 Å². The minimum atomic E-state index is -0.739. The molecule has 12 nitrogen and oxygen atoms in total. The molecule has 0 spiro atoms. The molecule has 2 saturated heterocycles. The monoisotopic (exact) mass is 701 g/mol. The Morgan fingerprint density at radius 1 is 0.885 bits per heavy atom. The lowest BCUT2D eigenvalue weighted by Crippen LogP contribution is -2.29. The summed E-state index contributed by atoms with van der Waals surface area (Å²) in [6.45, 7) is 7.81. The van der Waals surface area contributed by atoms with E-state index in [4.69, 9.17) is 4.98 Å². The van der Waals surface area contributed by atoms with Gasteiger partial charge in [-0.05, 0) is 96.9 Å². The molecule has 0 unspecified atom stereocenters. The Hall–Kier alpha value is -5.43. The largest absolute Gasteiger partial charge is 0.481 e. The topological polar surface area (TPSA) is 153 Å². The number of aliphatic hydroxyl groups is 1. The molecule has 4 N–H and O–H groups in total. The summed E-state index contributed by atoms with van der Waals surface area (Å²) in [6.07, 6.45) is 6.35. The maximum atomic E-state index is 13.6. The van der Waals surface area contributed by atoms with E-state index in [2.05, 4.69) is 31.5 Å². The van der Waals surface area contributed by atoms with Gasteiger partial charge in [-0.25, -0.2) is 4.98 Å². The fourth-order valence-corrected chi connectivity index (χ4v) is 7.41. The Morgan fingerprint density at radius 2 is 1.58 bits per heavy atom. The number of aliphatic carboxylic acids is 1. The molecule has 5 aromatic rings. The van der Waals surface area contributed by atoms with E-state index in [1.807, 2.05) is 62.5 Å². The Balaban J connectivity index is 1.10. The first-order valence-electron chi connectivity index (χ1n) is 17.6. The van der Waals surface area contributed by atoms with E-state index in [1.165, 1.54) is 4.57 Å². The highest BCUT2D eigenvalue weighted by Crippen LogP contribution is 2.35. The molecule has 2 fully saturated rings. The predicted molar refractivity (Wildman–Crippen MR) is 201 cm³/mol. The van der Waals surface area contributed by atoms with Crippen molar-refractivity contribution in [2.24, 2.45) is 13.0 Å². The summed E-state index contributed by atoms with van der Waals surface area (Å²) in [4.78, 5) is 51.7. The average Bonchev–Trinajstić information content (AvgIpc) is 3.77. The number of carbonyl (C=O) groups is 2. The maximum absolute atomic E-state index is 13.6. The smallest absolute Gasteiger partial charge is 0.307 e. The number of carbonyl (C=O) groups excluding carboxylic acids is 1. The summed E-state index contributed by atoms with van der Waals surface area (Å²) >= 11 is 0. The summed E-state index contributed by atoms with van der Waals surface area (Å²) in [6, 6.07) is 17.4. The Bertz CT molecular complexity index is 2230. The lowest BCUT2D eigenvalue weighted by atomic mass is 9.94. The number of hydrogen-bond acceptors (Lipinski definition) is 9. The van der Waals surface area contributed by atoms with Crippen LogP contribution in [-0.4, -0.2) is 78.7 Å². The number of aryl methyl sites for hydroxylation is 1. The van der Waals surface area contributed by atoms with E-state index in [0.29, 0.717) is 50.5 Å². The Labute approximate surface area is 301 Å². The predicted octanol–water partition coefficient (Wildman–Crippen LogP) is 5.08. The molecule has 2 aromatic carbocycles. The summed E-state index contributed by atoms with van der Waals surface area (Å²) in [7, 11) is 1.65. The van der Waals surface area contributed by atoms with Crippen LogP contribution in [0, 0.1) is 19.8 Å². The van der Waals surface area contributed by atoms with E-state index >= 15 is 0 Å². The highest BCUT2D eigenvalue weighted by molar-refractivity contribution is 6.05. The maximum Gasteiger partial charge on any atom is 0.307 e. The van der Waals surface area contributed by atoms with E-state index in [9.17, 15) is 24.6 Å². The number of amides is 1. The van der Waals surface area contributed by atoms with Crippen LogP contribution in [0.1, 0.15) is 45.5 Å². The van der Waals surface area contributed by atoms with Crippen LogP contribution < -0.4 is 16.2 Å². The molecular formula is C40H43N7O5. The van der Waals surface area contributed by atoms with Crippen molar-refractivity contribution in [3.05, 3.63) is 111 Å². The number of anilines is 3. The summed E-state index contributed by atoms with van der Waals surface area (Å²) in [5, 5.41) is 26.7. The second-order valence-electron chi connectivity index (χ2n) is 14.0. The summed E-state index contributed by atoms with van der Waals surface area (Å²) < 4.78 is 1.44. The van der Waals surface area contributed by atoms with Crippen LogP contribution in [0.3, 0.4) is 0 Å². The lowest BCUT2D eigenvalue weighted by Gasteiger charge is -2.18. The first-order valence-corrected chi connectivity index (χ1v) is 17.6. The van der Waals surface area contributed by atoms with Gasteiger partial charge in [0, 0.05) is 75.1 Å². The number of nitrogens with zero attached hydrogens (tertiary/aromatic N) is 5. The number of nitrogens with one attached hydrogen (secondary N) is 2. The van der Waals surface area contributed by atoms with Gasteiger partial charge in [0.2, 0.25) is 0 Å². The number of carboxylic acid groups (broad SMARTS) is 1. The van der Waals surface area contributed by atoms with Crippen molar-refractivity contribution in [3.8, 4) is 11.1 Å². The molecular weight excluding hydrogens is 658 g/mol. The fourth-order valence-electron chi connectivity index (χ4n) is 7.41. The fraction of sp³-hybridized carbons (Fsp3) is 0.325. The van der Waals surface area contributed by atoms with Gasteiger partial charge in [-0.3, -0.25) is 29.2 Å². The second kappa shape index (κ2) is 14.7. The van der Waals surface area contributed by atoms with Gasteiger partial charge < -0.3 is 25.4 Å². The van der Waals surface area contributed by atoms with Crippen molar-refractivity contribution in [2.45, 2.75) is 45.9 Å². The average molecular weight is 702 g/mol. The molecule has 12 heteroatoms. The molecule has 0 radical (unpaired) electrons. The zero-order valence-corrected chi connectivity index (χ0v) is 29.6. The zero-order chi connectivity index (χ0) is 36.5.